The largest absolute Gasteiger partial charge is 0.489 e. The van der Waals surface area contributed by atoms with Gasteiger partial charge in [-0.1, -0.05) is 11.2 Å². The van der Waals surface area contributed by atoms with Gasteiger partial charge < -0.3 is 15.0 Å². The van der Waals surface area contributed by atoms with Crippen molar-refractivity contribution < 1.29 is 9.26 Å². The SMILES string of the molecule is Cc1noc(C)c1COc1cccc(N)c1. The Bertz CT molecular complexity index is 472. The number of rotatable bonds is 3. The lowest BCUT2D eigenvalue weighted by Gasteiger charge is -2.06. The summed E-state index contributed by atoms with van der Waals surface area (Å²) >= 11 is 0. The monoisotopic (exact) mass is 218 g/mol. The molecule has 2 aromatic rings. The number of aryl methyl sites for hydroxylation is 2. The van der Waals surface area contributed by atoms with Crippen molar-refractivity contribution in [3.63, 3.8) is 0 Å². The lowest BCUT2D eigenvalue weighted by Crippen LogP contribution is -1.98. The Kier molecular flexibility index (Phi) is 2.81. The van der Waals surface area contributed by atoms with Gasteiger partial charge in [0.25, 0.3) is 0 Å². The van der Waals surface area contributed by atoms with Crippen LogP contribution in [0.25, 0.3) is 0 Å². The quantitative estimate of drug-likeness (QED) is 0.804. The summed E-state index contributed by atoms with van der Waals surface area (Å²) in [4.78, 5) is 0. The summed E-state index contributed by atoms with van der Waals surface area (Å²) < 4.78 is 10.7. The van der Waals surface area contributed by atoms with Crippen molar-refractivity contribution in [1.82, 2.24) is 5.16 Å². The third-order valence-corrected chi connectivity index (χ3v) is 2.42. The highest BCUT2D eigenvalue weighted by Crippen LogP contribution is 2.18. The molecular formula is C12H14N2O2. The highest BCUT2D eigenvalue weighted by molar-refractivity contribution is 5.43. The summed E-state index contributed by atoms with van der Waals surface area (Å²) in [6.45, 7) is 4.22. The first-order valence-electron chi connectivity index (χ1n) is 5.07. The number of aromatic nitrogens is 1. The van der Waals surface area contributed by atoms with Crippen LogP contribution in [0, 0.1) is 13.8 Å². The second-order valence-corrected chi connectivity index (χ2v) is 3.66. The Morgan fingerprint density at radius 2 is 2.19 bits per heavy atom. The lowest BCUT2D eigenvalue weighted by molar-refractivity contribution is 0.302. The van der Waals surface area contributed by atoms with Crippen molar-refractivity contribution in [2.75, 3.05) is 5.73 Å². The zero-order valence-corrected chi connectivity index (χ0v) is 9.36. The van der Waals surface area contributed by atoms with Gasteiger partial charge >= 0.3 is 0 Å². The fourth-order valence-corrected chi connectivity index (χ4v) is 1.47. The zero-order chi connectivity index (χ0) is 11.5. The van der Waals surface area contributed by atoms with Crippen molar-refractivity contribution >= 4 is 5.69 Å². The third kappa shape index (κ3) is 2.16. The molecule has 0 fully saturated rings. The minimum atomic E-state index is 0.449. The van der Waals surface area contributed by atoms with Crippen LogP contribution in [0.3, 0.4) is 0 Å². The molecule has 4 heteroatoms. The predicted octanol–water partition coefficient (Wildman–Crippen LogP) is 2.45. The van der Waals surface area contributed by atoms with E-state index in [0.29, 0.717) is 12.3 Å². The Labute approximate surface area is 94.0 Å². The maximum Gasteiger partial charge on any atom is 0.140 e. The van der Waals surface area contributed by atoms with Crippen LogP contribution in [0.5, 0.6) is 5.75 Å². The molecule has 0 spiro atoms. The number of nitrogens with zero attached hydrogens (tertiary/aromatic N) is 1. The maximum atomic E-state index is 5.66. The third-order valence-electron chi connectivity index (χ3n) is 2.42. The van der Waals surface area contributed by atoms with Gasteiger partial charge in [0, 0.05) is 11.8 Å². The van der Waals surface area contributed by atoms with Crippen LogP contribution in [0.4, 0.5) is 5.69 Å². The molecule has 2 rings (SSSR count). The van der Waals surface area contributed by atoms with Gasteiger partial charge in [0.2, 0.25) is 0 Å². The minimum Gasteiger partial charge on any atom is -0.489 e. The molecule has 0 atom stereocenters. The van der Waals surface area contributed by atoms with Crippen LogP contribution < -0.4 is 10.5 Å². The van der Waals surface area contributed by atoms with Crippen molar-refractivity contribution in [3.8, 4) is 5.75 Å². The first-order chi connectivity index (χ1) is 7.66. The number of nitrogen functional groups attached to an aromatic ring is 1. The van der Waals surface area contributed by atoms with E-state index in [0.717, 1.165) is 22.8 Å². The van der Waals surface area contributed by atoms with Crippen LogP contribution >= 0.6 is 0 Å². The van der Waals surface area contributed by atoms with E-state index in [2.05, 4.69) is 5.16 Å². The summed E-state index contributed by atoms with van der Waals surface area (Å²) in [5, 5.41) is 3.87. The summed E-state index contributed by atoms with van der Waals surface area (Å²) in [6.07, 6.45) is 0. The highest BCUT2D eigenvalue weighted by Gasteiger charge is 2.09. The van der Waals surface area contributed by atoms with Gasteiger partial charge in [0.15, 0.2) is 0 Å². The minimum absolute atomic E-state index is 0.449. The average Bonchev–Trinajstić information content (AvgIpc) is 2.56. The number of hydrogen-bond donors (Lipinski definition) is 1. The Balaban J connectivity index is 2.08. The molecule has 1 heterocycles. The molecule has 0 radical (unpaired) electrons. The first-order valence-corrected chi connectivity index (χ1v) is 5.07. The molecule has 4 nitrogen and oxygen atoms in total. The average molecular weight is 218 g/mol. The van der Waals surface area contributed by atoms with Gasteiger partial charge in [-0.3, -0.25) is 0 Å². The molecule has 1 aromatic heterocycles. The fourth-order valence-electron chi connectivity index (χ4n) is 1.47. The summed E-state index contributed by atoms with van der Waals surface area (Å²) in [6, 6.07) is 7.34. The van der Waals surface area contributed by atoms with E-state index in [1.165, 1.54) is 0 Å². The Morgan fingerprint density at radius 3 is 2.81 bits per heavy atom. The second-order valence-electron chi connectivity index (χ2n) is 3.66. The smallest absolute Gasteiger partial charge is 0.140 e. The Hall–Kier alpha value is -1.97. The number of nitrogens with two attached hydrogens (primary N) is 1. The van der Waals surface area contributed by atoms with Crippen LogP contribution in [0.2, 0.25) is 0 Å². The van der Waals surface area contributed by atoms with Gasteiger partial charge in [-0.05, 0) is 26.0 Å². The molecular weight excluding hydrogens is 204 g/mol. The van der Waals surface area contributed by atoms with Crippen LogP contribution in [0.1, 0.15) is 17.0 Å². The van der Waals surface area contributed by atoms with Crippen molar-refractivity contribution in [2.24, 2.45) is 0 Å². The maximum absolute atomic E-state index is 5.66. The van der Waals surface area contributed by atoms with E-state index in [1.807, 2.05) is 32.0 Å². The summed E-state index contributed by atoms with van der Waals surface area (Å²) in [7, 11) is 0. The van der Waals surface area contributed by atoms with E-state index in [-0.39, 0.29) is 0 Å². The fraction of sp³-hybridized carbons (Fsp3) is 0.250. The van der Waals surface area contributed by atoms with E-state index in [1.54, 1.807) is 6.07 Å². The van der Waals surface area contributed by atoms with Crippen LogP contribution in [-0.4, -0.2) is 5.16 Å². The molecule has 0 bridgehead atoms. The molecule has 0 aliphatic heterocycles. The number of hydrogen-bond acceptors (Lipinski definition) is 4. The Morgan fingerprint density at radius 1 is 1.38 bits per heavy atom. The van der Waals surface area contributed by atoms with Crippen LogP contribution in [-0.2, 0) is 6.61 Å². The predicted molar refractivity (Wildman–Crippen MR) is 61.2 cm³/mol. The van der Waals surface area contributed by atoms with E-state index >= 15 is 0 Å². The number of ether oxygens (including phenoxy) is 1. The molecule has 0 amide bonds. The van der Waals surface area contributed by atoms with Gasteiger partial charge in [-0.15, -0.1) is 0 Å². The molecule has 84 valence electrons. The molecule has 0 aliphatic rings. The van der Waals surface area contributed by atoms with Gasteiger partial charge in [-0.25, -0.2) is 0 Å². The van der Waals surface area contributed by atoms with Crippen molar-refractivity contribution in [1.29, 1.82) is 0 Å². The second kappa shape index (κ2) is 4.26. The van der Waals surface area contributed by atoms with Crippen molar-refractivity contribution in [3.05, 3.63) is 41.3 Å². The number of anilines is 1. The van der Waals surface area contributed by atoms with Crippen molar-refractivity contribution in [2.45, 2.75) is 20.5 Å². The summed E-state index contributed by atoms with van der Waals surface area (Å²) in [5.74, 6) is 1.54. The van der Waals surface area contributed by atoms with Gasteiger partial charge in [0.1, 0.15) is 18.1 Å². The lowest BCUT2D eigenvalue weighted by atomic mass is 10.2. The molecule has 0 saturated heterocycles. The van der Waals surface area contributed by atoms with Gasteiger partial charge in [0.05, 0.1) is 11.3 Å². The van der Waals surface area contributed by atoms with E-state index < -0.39 is 0 Å². The molecule has 0 aliphatic carbocycles. The molecule has 0 unspecified atom stereocenters. The van der Waals surface area contributed by atoms with E-state index in [9.17, 15) is 0 Å². The standard InChI is InChI=1S/C12H14N2O2/c1-8-12(9(2)16-14-8)7-15-11-5-3-4-10(13)6-11/h3-6H,7,13H2,1-2H3. The molecule has 2 N–H and O–H groups in total. The zero-order valence-electron chi connectivity index (χ0n) is 9.36. The van der Waals surface area contributed by atoms with E-state index in [4.69, 9.17) is 15.0 Å². The molecule has 16 heavy (non-hydrogen) atoms. The van der Waals surface area contributed by atoms with Gasteiger partial charge in [-0.2, -0.15) is 0 Å². The molecule has 1 aromatic carbocycles. The number of benzene rings is 1. The van der Waals surface area contributed by atoms with Crippen LogP contribution in [0.15, 0.2) is 28.8 Å². The highest BCUT2D eigenvalue weighted by atomic mass is 16.5. The molecule has 0 saturated carbocycles. The first kappa shape index (κ1) is 10.5. The summed E-state index contributed by atoms with van der Waals surface area (Å²) in [5.41, 5.74) is 8.20. The normalized spacial score (nSPS) is 10.4. The topological polar surface area (TPSA) is 61.3 Å².